The lowest BCUT2D eigenvalue weighted by Gasteiger charge is -2.50. The van der Waals surface area contributed by atoms with Crippen LogP contribution in [0.2, 0.25) is 0 Å². The molecule has 1 unspecified atom stereocenters. The lowest BCUT2D eigenvalue weighted by atomic mass is 9.62. The average molecular weight is 503 g/mol. The topological polar surface area (TPSA) is 36.3 Å². The highest BCUT2D eigenvalue weighted by Gasteiger charge is 2.62. The molecule has 1 fully saturated rings. The van der Waals surface area contributed by atoms with E-state index in [1.54, 1.807) is 12.1 Å². The monoisotopic (exact) mass is 502 g/mol. The summed E-state index contributed by atoms with van der Waals surface area (Å²) in [5.41, 5.74) is 6.89. The SMILES string of the molecule is CC1=CCC2(O[C@H](c3c#cccc3)[C@@H](c3ccccc3)O2)[C@@]2(C)Cc3cnn(-c4ccc(F)cc4)c3C=C12. The standard InChI is InChI=1S/C33H27FN2O2/c1-22-17-18-33(37-30(23-9-5-3-6-10-23)31(38-33)24-11-7-4-8-12-24)32(2)20-25-21-35-36(29(25)19-28(22)32)27-15-13-26(34)14-16-27/h3-7,9-11,13-17,19,21,30-31H,18,20H2,1-2H3/t30-,31-,32+,33?/m1/s1. The van der Waals surface area contributed by atoms with Crippen molar-refractivity contribution in [1.29, 1.82) is 0 Å². The Kier molecular flexibility index (Phi) is 5.20. The van der Waals surface area contributed by atoms with E-state index in [-0.39, 0.29) is 18.0 Å². The molecule has 7 rings (SSSR count). The van der Waals surface area contributed by atoms with Crippen LogP contribution in [0.4, 0.5) is 4.39 Å². The maximum atomic E-state index is 13.6. The van der Waals surface area contributed by atoms with Crippen LogP contribution < -0.4 is 0 Å². The quantitative estimate of drug-likeness (QED) is 0.299. The van der Waals surface area contributed by atoms with Crippen LogP contribution in [0.15, 0.2) is 96.2 Å². The zero-order chi connectivity index (χ0) is 25.9. The number of aromatic nitrogens is 2. The van der Waals surface area contributed by atoms with E-state index in [2.05, 4.69) is 50.3 Å². The Bertz CT molecular complexity index is 1510. The highest BCUT2D eigenvalue weighted by Crippen LogP contribution is 2.62. The molecule has 0 bridgehead atoms. The van der Waals surface area contributed by atoms with Crippen LogP contribution in [-0.4, -0.2) is 15.6 Å². The van der Waals surface area contributed by atoms with Gasteiger partial charge in [-0.3, -0.25) is 0 Å². The van der Waals surface area contributed by atoms with Crippen LogP contribution in [0.3, 0.4) is 0 Å². The van der Waals surface area contributed by atoms with Gasteiger partial charge in [0, 0.05) is 12.0 Å². The largest absolute Gasteiger partial charge is 0.338 e. The second kappa shape index (κ2) is 8.52. The first kappa shape index (κ1) is 23.2. The summed E-state index contributed by atoms with van der Waals surface area (Å²) in [6, 6.07) is 28.9. The molecule has 0 saturated carbocycles. The molecule has 3 aliphatic rings. The minimum atomic E-state index is -0.872. The van der Waals surface area contributed by atoms with E-state index >= 15 is 0 Å². The van der Waals surface area contributed by atoms with Crippen LogP contribution in [-0.2, 0) is 15.9 Å². The molecule has 0 N–H and O–H groups in total. The van der Waals surface area contributed by atoms with Crippen LogP contribution >= 0.6 is 0 Å². The van der Waals surface area contributed by atoms with Gasteiger partial charge < -0.3 is 9.47 Å². The number of allylic oxidation sites excluding steroid dienone is 1. The maximum Gasteiger partial charge on any atom is 0.183 e. The van der Waals surface area contributed by atoms with Gasteiger partial charge in [0.15, 0.2) is 5.79 Å². The fourth-order valence-corrected chi connectivity index (χ4v) is 6.32. The summed E-state index contributed by atoms with van der Waals surface area (Å²) in [6.45, 7) is 4.40. The van der Waals surface area contributed by atoms with Crippen molar-refractivity contribution in [1.82, 2.24) is 9.78 Å². The highest BCUT2D eigenvalue weighted by atomic mass is 19.1. The van der Waals surface area contributed by atoms with Gasteiger partial charge in [-0.15, -0.1) is 0 Å². The third-order valence-electron chi connectivity index (χ3n) is 8.34. The number of benzene rings is 2. The summed E-state index contributed by atoms with van der Waals surface area (Å²) < 4.78 is 29.6. The molecular formula is C33H27FN2O2. The van der Waals surface area contributed by atoms with Gasteiger partial charge in [-0.1, -0.05) is 60.2 Å². The number of halogens is 1. The highest BCUT2D eigenvalue weighted by molar-refractivity contribution is 5.67. The van der Waals surface area contributed by atoms with E-state index in [4.69, 9.17) is 14.6 Å². The van der Waals surface area contributed by atoms with Gasteiger partial charge in [-0.2, -0.15) is 5.10 Å². The van der Waals surface area contributed by atoms with Crippen molar-refractivity contribution in [3.05, 3.63) is 137 Å². The van der Waals surface area contributed by atoms with E-state index in [0.29, 0.717) is 12.8 Å². The first-order valence-corrected chi connectivity index (χ1v) is 13.0. The second-order valence-electron chi connectivity index (χ2n) is 10.6. The van der Waals surface area contributed by atoms with Gasteiger partial charge in [-0.05, 0) is 79.4 Å². The number of rotatable bonds is 3. The molecule has 4 nitrogen and oxygen atoms in total. The van der Waals surface area contributed by atoms with Crippen molar-refractivity contribution in [3.63, 3.8) is 0 Å². The molecule has 4 aromatic rings. The molecule has 1 saturated heterocycles. The minimum Gasteiger partial charge on any atom is -0.338 e. The molecule has 0 amide bonds. The fraction of sp³-hybridized carbons (Fsp3) is 0.242. The van der Waals surface area contributed by atoms with Gasteiger partial charge >= 0.3 is 0 Å². The number of hydrogen-bond donors (Lipinski definition) is 0. The van der Waals surface area contributed by atoms with Crippen molar-refractivity contribution in [2.45, 2.75) is 44.7 Å². The van der Waals surface area contributed by atoms with E-state index in [1.165, 1.54) is 23.3 Å². The van der Waals surface area contributed by atoms with Crippen molar-refractivity contribution < 1.29 is 13.9 Å². The Balaban J connectivity index is 1.34. The van der Waals surface area contributed by atoms with Crippen molar-refractivity contribution in [3.8, 4) is 5.69 Å². The van der Waals surface area contributed by atoms with E-state index in [9.17, 15) is 4.39 Å². The maximum absolute atomic E-state index is 13.6. The number of fused-ring (bicyclic) bond motifs is 3. The molecule has 4 atom stereocenters. The van der Waals surface area contributed by atoms with Gasteiger partial charge in [0.25, 0.3) is 0 Å². The second-order valence-corrected chi connectivity index (χ2v) is 10.6. The molecule has 2 aliphatic carbocycles. The van der Waals surface area contributed by atoms with Crippen molar-refractivity contribution in [2.24, 2.45) is 5.41 Å². The Hall–Kier alpha value is -3.98. The molecule has 2 heterocycles. The Morgan fingerprint density at radius 1 is 1.00 bits per heavy atom. The van der Waals surface area contributed by atoms with Crippen LogP contribution in [0.25, 0.3) is 11.8 Å². The van der Waals surface area contributed by atoms with Gasteiger partial charge in [-0.25, -0.2) is 9.07 Å². The summed E-state index contributed by atoms with van der Waals surface area (Å²) in [4.78, 5) is 0. The summed E-state index contributed by atoms with van der Waals surface area (Å²) in [5.74, 6) is -1.14. The molecule has 0 radical (unpaired) electrons. The number of ether oxygens (including phenoxy) is 2. The first-order chi connectivity index (χ1) is 18.5. The fourth-order valence-electron chi connectivity index (χ4n) is 6.32. The number of hydrogen-bond acceptors (Lipinski definition) is 3. The predicted octanol–water partition coefficient (Wildman–Crippen LogP) is 7.13. The van der Waals surface area contributed by atoms with Crippen LogP contribution in [0.5, 0.6) is 0 Å². The molecule has 38 heavy (non-hydrogen) atoms. The van der Waals surface area contributed by atoms with Gasteiger partial charge in [0.2, 0.25) is 0 Å². The summed E-state index contributed by atoms with van der Waals surface area (Å²) in [7, 11) is 0. The Morgan fingerprint density at radius 3 is 2.55 bits per heavy atom. The Morgan fingerprint density at radius 2 is 1.79 bits per heavy atom. The van der Waals surface area contributed by atoms with E-state index < -0.39 is 11.2 Å². The first-order valence-electron chi connectivity index (χ1n) is 13.0. The smallest absolute Gasteiger partial charge is 0.183 e. The van der Waals surface area contributed by atoms with Crippen molar-refractivity contribution in [2.75, 3.05) is 0 Å². The predicted molar refractivity (Wildman–Crippen MR) is 143 cm³/mol. The normalized spacial score (nSPS) is 25.2. The molecule has 3 aromatic carbocycles. The molecule has 1 aromatic heterocycles. The Labute approximate surface area is 222 Å². The van der Waals surface area contributed by atoms with Crippen LogP contribution in [0, 0.1) is 23.4 Å². The van der Waals surface area contributed by atoms with Crippen molar-refractivity contribution >= 4 is 6.08 Å². The molecule has 1 spiro atoms. The number of nitrogens with zero attached hydrogens (tertiary/aromatic N) is 2. The summed E-state index contributed by atoms with van der Waals surface area (Å²) in [6.07, 6.45) is 7.10. The molecule has 1 aliphatic heterocycles. The van der Waals surface area contributed by atoms with E-state index in [0.717, 1.165) is 28.1 Å². The summed E-state index contributed by atoms with van der Waals surface area (Å²) in [5, 5.41) is 4.69. The lowest BCUT2D eigenvalue weighted by Crippen LogP contribution is -2.52. The summed E-state index contributed by atoms with van der Waals surface area (Å²) >= 11 is 0. The zero-order valence-corrected chi connectivity index (χ0v) is 21.3. The molecule has 188 valence electrons. The minimum absolute atomic E-state index is 0.264. The van der Waals surface area contributed by atoms with E-state index in [1.807, 2.05) is 47.3 Å². The van der Waals surface area contributed by atoms with Gasteiger partial charge in [0.05, 0.1) is 23.0 Å². The third-order valence-corrected chi connectivity index (χ3v) is 8.34. The lowest BCUT2D eigenvalue weighted by molar-refractivity contribution is -0.237. The van der Waals surface area contributed by atoms with Crippen LogP contribution in [0.1, 0.15) is 54.9 Å². The van der Waals surface area contributed by atoms with Gasteiger partial charge in [0.1, 0.15) is 18.0 Å². The third kappa shape index (κ3) is 3.41. The average Bonchev–Trinajstić information content (AvgIpc) is 3.54. The molecule has 5 heteroatoms. The zero-order valence-electron chi connectivity index (χ0n) is 21.3. The molecular weight excluding hydrogens is 475 g/mol.